The topological polar surface area (TPSA) is 91.2 Å². The highest BCUT2D eigenvalue weighted by Crippen LogP contribution is 2.60. The molecule has 3 fully saturated rings. The van der Waals surface area contributed by atoms with Crippen LogP contribution in [-0.2, 0) is 4.79 Å². The molecule has 0 heterocycles. The van der Waals surface area contributed by atoms with Gasteiger partial charge in [0.25, 0.3) is 11.8 Å². The van der Waals surface area contributed by atoms with Crippen LogP contribution >= 0.6 is 11.6 Å². The molecule has 0 aliphatic heterocycles. The Hall–Kier alpha value is -3.18. The van der Waals surface area contributed by atoms with Gasteiger partial charge in [-0.2, -0.15) is 5.26 Å². The Morgan fingerprint density at radius 1 is 1.07 bits per heavy atom. The number of amides is 2. The van der Waals surface area contributed by atoms with Crippen molar-refractivity contribution in [1.29, 1.82) is 5.26 Å². The van der Waals surface area contributed by atoms with Gasteiger partial charge in [-0.3, -0.25) is 9.59 Å². The van der Waals surface area contributed by atoms with Crippen molar-refractivity contribution in [3.8, 4) is 11.8 Å². The third-order valence-electron chi connectivity index (χ3n) is 5.43. The first kappa shape index (κ1) is 20.1. The van der Waals surface area contributed by atoms with Gasteiger partial charge < -0.3 is 15.4 Å². The Labute approximate surface area is 175 Å². The quantitative estimate of drug-likeness (QED) is 0.735. The Bertz CT molecular complexity index is 1080. The molecule has 0 aromatic heterocycles. The number of benzene rings is 2. The number of carbonyl (C=O) groups excluding carboxylic acids is 2. The molecule has 154 valence electrons. The monoisotopic (exact) mass is 431 g/mol. The average molecular weight is 432 g/mol. The van der Waals surface area contributed by atoms with E-state index in [0.717, 1.165) is 12.1 Å². The lowest BCUT2D eigenvalue weighted by Gasteiger charge is -2.70. The van der Waals surface area contributed by atoms with Crippen molar-refractivity contribution < 1.29 is 23.1 Å². The number of nitrogens with one attached hydrogen (secondary N) is 2. The van der Waals surface area contributed by atoms with Gasteiger partial charge in [-0.1, -0.05) is 11.6 Å². The van der Waals surface area contributed by atoms with Gasteiger partial charge in [0.2, 0.25) is 0 Å². The first-order valence-electron chi connectivity index (χ1n) is 9.14. The number of nitriles is 1. The lowest BCUT2D eigenvalue weighted by atomic mass is 9.44. The molecule has 0 atom stereocenters. The maximum atomic E-state index is 13.7. The van der Waals surface area contributed by atoms with Gasteiger partial charge in [0.15, 0.2) is 6.61 Å². The third kappa shape index (κ3) is 3.68. The van der Waals surface area contributed by atoms with Crippen molar-refractivity contribution in [3.63, 3.8) is 0 Å². The highest BCUT2D eigenvalue weighted by molar-refractivity contribution is 6.30. The first-order valence-corrected chi connectivity index (χ1v) is 9.52. The maximum Gasteiger partial charge on any atom is 0.258 e. The lowest BCUT2D eigenvalue weighted by molar-refractivity contribution is -0.141. The van der Waals surface area contributed by atoms with Gasteiger partial charge in [0, 0.05) is 22.7 Å². The van der Waals surface area contributed by atoms with E-state index in [1.807, 2.05) is 0 Å². The smallest absolute Gasteiger partial charge is 0.258 e. The Kier molecular flexibility index (Phi) is 4.86. The van der Waals surface area contributed by atoms with Gasteiger partial charge >= 0.3 is 0 Å². The van der Waals surface area contributed by atoms with Crippen molar-refractivity contribution >= 4 is 23.4 Å². The summed E-state index contributed by atoms with van der Waals surface area (Å²) in [5, 5.41) is 14.5. The van der Waals surface area contributed by atoms with Crippen molar-refractivity contribution in [2.75, 3.05) is 6.61 Å². The van der Waals surface area contributed by atoms with Gasteiger partial charge in [-0.05, 0) is 49.6 Å². The molecule has 0 unspecified atom stereocenters. The van der Waals surface area contributed by atoms with E-state index in [1.165, 1.54) is 24.3 Å². The van der Waals surface area contributed by atoms with Crippen LogP contribution in [0.2, 0.25) is 5.02 Å². The van der Waals surface area contributed by atoms with E-state index in [-0.39, 0.29) is 34.4 Å². The molecule has 3 aliphatic carbocycles. The van der Waals surface area contributed by atoms with Gasteiger partial charge in [-0.15, -0.1) is 0 Å². The Balaban J connectivity index is 1.25. The zero-order chi connectivity index (χ0) is 21.5. The van der Waals surface area contributed by atoms with E-state index in [4.69, 9.17) is 21.6 Å². The van der Waals surface area contributed by atoms with Crippen LogP contribution in [-0.4, -0.2) is 29.5 Å². The summed E-state index contributed by atoms with van der Waals surface area (Å²) in [5.74, 6) is -1.95. The molecule has 2 amide bonds. The molecule has 9 heteroatoms. The minimum absolute atomic E-state index is 0.0308. The van der Waals surface area contributed by atoms with Crippen molar-refractivity contribution in [3.05, 3.63) is 64.2 Å². The van der Waals surface area contributed by atoms with E-state index in [0.29, 0.717) is 19.3 Å². The second-order valence-electron chi connectivity index (χ2n) is 7.76. The minimum Gasteiger partial charge on any atom is -0.484 e. The van der Waals surface area contributed by atoms with E-state index in [1.54, 1.807) is 6.07 Å². The summed E-state index contributed by atoms with van der Waals surface area (Å²) in [4.78, 5) is 24.5. The number of nitrogens with zero attached hydrogens (tertiary/aromatic N) is 1. The number of hydrogen-bond acceptors (Lipinski definition) is 4. The predicted octanol–water partition coefficient (Wildman–Crippen LogP) is 3.09. The average Bonchev–Trinajstić information content (AvgIpc) is 2.66. The first-order chi connectivity index (χ1) is 14.2. The molecule has 2 aromatic carbocycles. The standard InChI is InChI=1S/C21H16ClF2N3O3/c22-15-4-3-14(6-17(15)24)30-8-18(28)26-20-9-21(10-20,11-20)27-19(29)12-1-2-13(7-25)16(23)5-12/h1-6H,8-11H2,(H,26,28)(H,27,29). The number of hydrogen-bond donors (Lipinski definition) is 2. The zero-order valence-electron chi connectivity index (χ0n) is 15.6. The normalized spacial score (nSPS) is 23.4. The lowest BCUT2D eigenvalue weighted by Crippen LogP contribution is -2.84. The van der Waals surface area contributed by atoms with Gasteiger partial charge in [0.05, 0.1) is 10.6 Å². The predicted molar refractivity (Wildman–Crippen MR) is 103 cm³/mol. The van der Waals surface area contributed by atoms with E-state index in [9.17, 15) is 18.4 Å². The van der Waals surface area contributed by atoms with Gasteiger partial charge in [-0.25, -0.2) is 8.78 Å². The summed E-state index contributed by atoms with van der Waals surface area (Å²) in [6.45, 7) is -0.271. The number of rotatable bonds is 6. The number of ether oxygens (including phenoxy) is 1. The van der Waals surface area contributed by atoms with Crippen LogP contribution in [0.4, 0.5) is 8.78 Å². The highest BCUT2D eigenvalue weighted by Gasteiger charge is 2.69. The summed E-state index contributed by atoms with van der Waals surface area (Å²) in [7, 11) is 0. The summed E-state index contributed by atoms with van der Waals surface area (Å²) >= 11 is 5.60. The van der Waals surface area contributed by atoms with Crippen molar-refractivity contribution in [2.24, 2.45) is 0 Å². The molecule has 0 radical (unpaired) electrons. The summed E-state index contributed by atoms with van der Waals surface area (Å²) < 4.78 is 32.4. The molecule has 2 aromatic rings. The molecule has 2 N–H and O–H groups in total. The fourth-order valence-electron chi connectivity index (χ4n) is 4.16. The maximum absolute atomic E-state index is 13.7. The van der Waals surface area contributed by atoms with Crippen LogP contribution in [0.3, 0.4) is 0 Å². The van der Waals surface area contributed by atoms with Crippen LogP contribution in [0.15, 0.2) is 36.4 Å². The number of halogens is 3. The molecule has 6 nitrogen and oxygen atoms in total. The fraction of sp³-hybridized carbons (Fsp3) is 0.286. The second-order valence-corrected chi connectivity index (χ2v) is 8.17. The van der Waals surface area contributed by atoms with Gasteiger partial charge in [0.1, 0.15) is 23.5 Å². The molecule has 30 heavy (non-hydrogen) atoms. The molecular weight excluding hydrogens is 416 g/mol. The third-order valence-corrected chi connectivity index (χ3v) is 5.73. The summed E-state index contributed by atoms with van der Waals surface area (Å²) in [6, 6.07) is 9.32. The van der Waals surface area contributed by atoms with E-state index < -0.39 is 28.6 Å². The van der Waals surface area contributed by atoms with Crippen LogP contribution in [0.25, 0.3) is 0 Å². The van der Waals surface area contributed by atoms with Crippen LogP contribution in [0.1, 0.15) is 35.2 Å². The van der Waals surface area contributed by atoms with Crippen molar-refractivity contribution in [1.82, 2.24) is 10.6 Å². The van der Waals surface area contributed by atoms with Crippen LogP contribution < -0.4 is 15.4 Å². The molecule has 5 rings (SSSR count). The Morgan fingerprint density at radius 3 is 2.40 bits per heavy atom. The SMILES string of the molecule is N#Cc1ccc(C(=O)NC23CC(NC(=O)COc4ccc(Cl)c(F)c4)(C2)C3)cc1F. The molecular formula is C21H16ClF2N3O3. The fourth-order valence-corrected chi connectivity index (χ4v) is 4.28. The minimum atomic E-state index is -0.743. The largest absolute Gasteiger partial charge is 0.484 e. The zero-order valence-corrected chi connectivity index (χ0v) is 16.4. The van der Waals surface area contributed by atoms with Crippen LogP contribution in [0, 0.1) is 23.0 Å². The summed E-state index contributed by atoms with van der Waals surface area (Å²) in [6.07, 6.45) is 1.68. The summed E-state index contributed by atoms with van der Waals surface area (Å²) in [5.41, 5.74) is -0.802. The number of carbonyl (C=O) groups is 2. The second kappa shape index (κ2) is 7.26. The highest BCUT2D eigenvalue weighted by atomic mass is 35.5. The van der Waals surface area contributed by atoms with Crippen molar-refractivity contribution in [2.45, 2.75) is 30.3 Å². The molecule has 2 bridgehead atoms. The van der Waals surface area contributed by atoms with E-state index >= 15 is 0 Å². The molecule has 0 spiro atoms. The molecule has 3 saturated carbocycles. The Morgan fingerprint density at radius 2 is 1.77 bits per heavy atom. The molecule has 3 aliphatic rings. The molecule has 0 saturated heterocycles. The van der Waals surface area contributed by atoms with Crippen LogP contribution in [0.5, 0.6) is 5.75 Å². The van der Waals surface area contributed by atoms with E-state index in [2.05, 4.69) is 10.6 Å².